The maximum absolute atomic E-state index is 10.7. The summed E-state index contributed by atoms with van der Waals surface area (Å²) in [5.74, 6) is 1.13. The lowest BCUT2D eigenvalue weighted by Crippen LogP contribution is -2.59. The Labute approximate surface area is 67.4 Å². The standard InChI is InChI=1S/C9H15NO/c1-9(6-8(11)10-9)5-7-3-2-4-7/h7H,2-6H2,1H3,(H,10,11). The Balaban J connectivity index is 1.80. The fraction of sp³-hybridized carbons (Fsp3) is 0.889. The lowest BCUT2D eigenvalue weighted by atomic mass is 9.73. The summed E-state index contributed by atoms with van der Waals surface area (Å²) in [6.07, 6.45) is 6.12. The molecule has 0 aromatic carbocycles. The van der Waals surface area contributed by atoms with E-state index in [2.05, 4.69) is 12.2 Å². The van der Waals surface area contributed by atoms with Crippen LogP contribution >= 0.6 is 0 Å². The van der Waals surface area contributed by atoms with E-state index in [-0.39, 0.29) is 11.4 Å². The van der Waals surface area contributed by atoms with Gasteiger partial charge in [-0.25, -0.2) is 0 Å². The van der Waals surface area contributed by atoms with Crippen LogP contribution in [0.4, 0.5) is 0 Å². The SMILES string of the molecule is CC1(CC2CCC2)CC(=O)N1. The minimum absolute atomic E-state index is 0.169. The molecule has 62 valence electrons. The largest absolute Gasteiger partial charge is 0.350 e. The Bertz CT molecular complexity index is 176. The third-order valence-corrected chi connectivity index (χ3v) is 2.96. The number of amides is 1. The lowest BCUT2D eigenvalue weighted by Gasteiger charge is -2.43. The van der Waals surface area contributed by atoms with Crippen LogP contribution in [0.3, 0.4) is 0 Å². The number of hydrogen-bond donors (Lipinski definition) is 1. The maximum atomic E-state index is 10.7. The molecule has 2 heteroatoms. The first-order valence-corrected chi connectivity index (χ1v) is 4.49. The zero-order valence-corrected chi connectivity index (χ0v) is 7.02. The number of hydrogen-bond acceptors (Lipinski definition) is 1. The Morgan fingerprint density at radius 2 is 2.27 bits per heavy atom. The number of rotatable bonds is 2. The van der Waals surface area contributed by atoms with Crippen LogP contribution in [-0.2, 0) is 4.79 Å². The zero-order valence-electron chi connectivity index (χ0n) is 7.02. The van der Waals surface area contributed by atoms with Crippen molar-refractivity contribution in [1.29, 1.82) is 0 Å². The topological polar surface area (TPSA) is 29.1 Å². The van der Waals surface area contributed by atoms with E-state index in [1.807, 2.05) is 0 Å². The van der Waals surface area contributed by atoms with Crippen molar-refractivity contribution < 1.29 is 4.79 Å². The minimum atomic E-state index is 0.169. The Kier molecular flexibility index (Phi) is 1.44. The Morgan fingerprint density at radius 1 is 1.64 bits per heavy atom. The van der Waals surface area contributed by atoms with Gasteiger partial charge in [0.05, 0.1) is 0 Å². The highest BCUT2D eigenvalue weighted by Crippen LogP contribution is 2.37. The summed E-state index contributed by atoms with van der Waals surface area (Å²) in [7, 11) is 0. The summed E-state index contributed by atoms with van der Waals surface area (Å²) in [6.45, 7) is 2.16. The molecule has 0 spiro atoms. The van der Waals surface area contributed by atoms with Gasteiger partial charge in [-0.1, -0.05) is 19.3 Å². The smallest absolute Gasteiger partial charge is 0.222 e. The second-order valence-corrected chi connectivity index (χ2v) is 4.29. The molecule has 2 aliphatic rings. The second kappa shape index (κ2) is 2.23. The normalized spacial score (nSPS) is 37.4. The Hall–Kier alpha value is -0.530. The van der Waals surface area contributed by atoms with Crippen LogP contribution in [0.25, 0.3) is 0 Å². The van der Waals surface area contributed by atoms with Crippen LogP contribution in [0.1, 0.15) is 39.0 Å². The van der Waals surface area contributed by atoms with Gasteiger partial charge in [0.1, 0.15) is 0 Å². The van der Waals surface area contributed by atoms with Gasteiger partial charge in [-0.3, -0.25) is 4.79 Å². The summed E-state index contributed by atoms with van der Waals surface area (Å²) >= 11 is 0. The van der Waals surface area contributed by atoms with Crippen LogP contribution < -0.4 is 5.32 Å². The highest BCUT2D eigenvalue weighted by atomic mass is 16.2. The fourth-order valence-corrected chi connectivity index (χ4v) is 2.13. The fourth-order valence-electron chi connectivity index (χ4n) is 2.13. The highest BCUT2D eigenvalue weighted by Gasteiger charge is 2.40. The van der Waals surface area contributed by atoms with Crippen molar-refractivity contribution in [3.63, 3.8) is 0 Å². The van der Waals surface area contributed by atoms with Gasteiger partial charge in [0.25, 0.3) is 0 Å². The van der Waals surface area contributed by atoms with Crippen LogP contribution in [0.2, 0.25) is 0 Å². The van der Waals surface area contributed by atoms with E-state index >= 15 is 0 Å². The predicted octanol–water partition coefficient (Wildman–Crippen LogP) is 1.46. The molecule has 1 heterocycles. The quantitative estimate of drug-likeness (QED) is 0.598. The van der Waals surface area contributed by atoms with Gasteiger partial charge in [0.15, 0.2) is 0 Å². The summed E-state index contributed by atoms with van der Waals surface area (Å²) in [5.41, 5.74) is 0.169. The van der Waals surface area contributed by atoms with E-state index in [4.69, 9.17) is 0 Å². The maximum Gasteiger partial charge on any atom is 0.222 e. The summed E-state index contributed by atoms with van der Waals surface area (Å²) in [4.78, 5) is 10.7. The number of carbonyl (C=O) groups excluding carboxylic acids is 1. The van der Waals surface area contributed by atoms with Crippen molar-refractivity contribution in [3.8, 4) is 0 Å². The van der Waals surface area contributed by atoms with Gasteiger partial charge in [-0.05, 0) is 19.3 Å². The molecule has 2 rings (SSSR count). The van der Waals surface area contributed by atoms with Crippen molar-refractivity contribution in [2.24, 2.45) is 5.92 Å². The van der Waals surface area contributed by atoms with Crippen LogP contribution in [-0.4, -0.2) is 11.4 Å². The first kappa shape index (κ1) is 7.14. The van der Waals surface area contributed by atoms with Gasteiger partial charge in [0.2, 0.25) is 5.91 Å². The van der Waals surface area contributed by atoms with Crippen molar-refractivity contribution in [1.82, 2.24) is 5.32 Å². The average Bonchev–Trinajstić information content (AvgIpc) is 1.76. The van der Waals surface area contributed by atoms with Crippen LogP contribution in [0, 0.1) is 5.92 Å². The molecule has 1 saturated carbocycles. The first-order valence-electron chi connectivity index (χ1n) is 4.49. The third kappa shape index (κ3) is 1.26. The van der Waals surface area contributed by atoms with Crippen molar-refractivity contribution in [2.75, 3.05) is 0 Å². The average molecular weight is 153 g/mol. The van der Waals surface area contributed by atoms with Crippen LogP contribution in [0.15, 0.2) is 0 Å². The predicted molar refractivity (Wildman–Crippen MR) is 43.1 cm³/mol. The van der Waals surface area contributed by atoms with Gasteiger partial charge in [-0.2, -0.15) is 0 Å². The van der Waals surface area contributed by atoms with E-state index in [0.29, 0.717) is 0 Å². The van der Waals surface area contributed by atoms with Crippen molar-refractivity contribution in [2.45, 2.75) is 44.6 Å². The molecule has 2 fully saturated rings. The molecule has 11 heavy (non-hydrogen) atoms. The van der Waals surface area contributed by atoms with Gasteiger partial charge < -0.3 is 5.32 Å². The molecule has 1 unspecified atom stereocenters. The van der Waals surface area contributed by atoms with Crippen LogP contribution in [0.5, 0.6) is 0 Å². The number of β-lactam (4-membered cyclic amide) rings is 1. The molecule has 1 saturated heterocycles. The second-order valence-electron chi connectivity index (χ2n) is 4.29. The van der Waals surface area contributed by atoms with Gasteiger partial charge >= 0.3 is 0 Å². The van der Waals surface area contributed by atoms with E-state index < -0.39 is 0 Å². The zero-order chi connectivity index (χ0) is 7.90. The molecule has 0 bridgehead atoms. The molecule has 1 aliphatic carbocycles. The molecular formula is C9H15NO. The molecule has 1 aliphatic heterocycles. The molecule has 1 amide bonds. The van der Waals surface area contributed by atoms with E-state index in [1.165, 1.54) is 25.7 Å². The summed E-state index contributed by atoms with van der Waals surface area (Å²) in [5, 5.41) is 2.98. The van der Waals surface area contributed by atoms with Crippen molar-refractivity contribution in [3.05, 3.63) is 0 Å². The first-order chi connectivity index (χ1) is 5.18. The van der Waals surface area contributed by atoms with E-state index in [9.17, 15) is 4.79 Å². The number of nitrogens with one attached hydrogen (secondary N) is 1. The van der Waals surface area contributed by atoms with E-state index in [1.54, 1.807) is 0 Å². The molecule has 0 aromatic heterocycles. The van der Waals surface area contributed by atoms with Gasteiger partial charge in [-0.15, -0.1) is 0 Å². The van der Waals surface area contributed by atoms with Crippen molar-refractivity contribution >= 4 is 5.91 Å². The molecule has 0 aromatic rings. The molecule has 2 nitrogen and oxygen atoms in total. The monoisotopic (exact) mass is 153 g/mol. The Morgan fingerprint density at radius 3 is 2.64 bits per heavy atom. The molecule has 1 atom stereocenters. The molecule has 1 N–H and O–H groups in total. The van der Waals surface area contributed by atoms with E-state index in [0.717, 1.165) is 12.3 Å². The third-order valence-electron chi connectivity index (χ3n) is 2.96. The minimum Gasteiger partial charge on any atom is -0.350 e. The van der Waals surface area contributed by atoms with Gasteiger partial charge in [0, 0.05) is 12.0 Å². The summed E-state index contributed by atoms with van der Waals surface area (Å²) in [6, 6.07) is 0. The number of carbonyl (C=O) groups is 1. The molecular weight excluding hydrogens is 138 g/mol. The summed E-state index contributed by atoms with van der Waals surface area (Å²) < 4.78 is 0. The lowest BCUT2D eigenvalue weighted by molar-refractivity contribution is -0.132. The molecule has 0 radical (unpaired) electrons. The highest BCUT2D eigenvalue weighted by molar-refractivity contribution is 5.84.